The summed E-state index contributed by atoms with van der Waals surface area (Å²) in [6, 6.07) is -1.28. The SMILES string of the molecule is COC(=O)[C@H](CC(C)C)NC(=O)[C@H](N)C(C)(C)C. The molecule has 0 aromatic rings. The molecule has 5 nitrogen and oxygen atoms in total. The van der Waals surface area contributed by atoms with Crippen LogP contribution in [0.2, 0.25) is 0 Å². The van der Waals surface area contributed by atoms with E-state index in [9.17, 15) is 9.59 Å². The normalized spacial score (nSPS) is 15.1. The van der Waals surface area contributed by atoms with Crippen molar-refractivity contribution in [2.24, 2.45) is 17.1 Å². The summed E-state index contributed by atoms with van der Waals surface area (Å²) in [7, 11) is 1.31. The maximum absolute atomic E-state index is 12.0. The van der Waals surface area contributed by atoms with Crippen molar-refractivity contribution in [2.75, 3.05) is 7.11 Å². The zero-order chi connectivity index (χ0) is 14.5. The van der Waals surface area contributed by atoms with Crippen molar-refractivity contribution < 1.29 is 14.3 Å². The summed E-state index contributed by atoms with van der Waals surface area (Å²) in [6.07, 6.45) is 0.537. The molecule has 5 heteroatoms. The van der Waals surface area contributed by atoms with Gasteiger partial charge in [-0.25, -0.2) is 4.79 Å². The number of hydrogen-bond acceptors (Lipinski definition) is 4. The summed E-state index contributed by atoms with van der Waals surface area (Å²) in [5.41, 5.74) is 5.51. The molecular weight excluding hydrogens is 232 g/mol. The smallest absolute Gasteiger partial charge is 0.328 e. The fourth-order valence-corrected chi connectivity index (χ4v) is 1.48. The van der Waals surface area contributed by atoms with Crippen LogP contribution in [0.5, 0.6) is 0 Å². The Labute approximate surface area is 109 Å². The maximum Gasteiger partial charge on any atom is 0.328 e. The van der Waals surface area contributed by atoms with Gasteiger partial charge in [0, 0.05) is 0 Å². The Morgan fingerprint density at radius 1 is 1.28 bits per heavy atom. The van der Waals surface area contributed by atoms with E-state index in [-0.39, 0.29) is 17.2 Å². The fourth-order valence-electron chi connectivity index (χ4n) is 1.48. The lowest BCUT2D eigenvalue weighted by molar-refractivity contribution is -0.146. The number of carbonyl (C=O) groups is 2. The number of carbonyl (C=O) groups excluding carboxylic acids is 2. The second-order valence-corrected chi connectivity index (χ2v) is 6.06. The third kappa shape index (κ3) is 5.49. The molecule has 0 aromatic heterocycles. The van der Waals surface area contributed by atoms with Crippen LogP contribution in [0.1, 0.15) is 41.0 Å². The van der Waals surface area contributed by atoms with Gasteiger partial charge in [-0.3, -0.25) is 4.79 Å². The molecule has 0 saturated heterocycles. The molecular formula is C13H26N2O3. The molecule has 0 fully saturated rings. The monoisotopic (exact) mass is 258 g/mol. The molecule has 3 N–H and O–H groups in total. The zero-order valence-electron chi connectivity index (χ0n) is 12.2. The molecule has 1 amide bonds. The lowest BCUT2D eigenvalue weighted by Gasteiger charge is -2.28. The number of nitrogens with one attached hydrogen (secondary N) is 1. The van der Waals surface area contributed by atoms with Gasteiger partial charge in [0.05, 0.1) is 13.2 Å². The van der Waals surface area contributed by atoms with Gasteiger partial charge in [-0.15, -0.1) is 0 Å². The molecule has 18 heavy (non-hydrogen) atoms. The number of rotatable bonds is 5. The number of esters is 1. The topological polar surface area (TPSA) is 81.4 Å². The van der Waals surface area contributed by atoms with E-state index in [1.807, 2.05) is 34.6 Å². The summed E-state index contributed by atoms with van der Waals surface area (Å²) in [5, 5.41) is 2.67. The van der Waals surface area contributed by atoms with Gasteiger partial charge >= 0.3 is 5.97 Å². The van der Waals surface area contributed by atoms with Crippen LogP contribution in [0.3, 0.4) is 0 Å². The molecule has 0 aliphatic carbocycles. The van der Waals surface area contributed by atoms with Gasteiger partial charge in [0.25, 0.3) is 0 Å². The molecule has 0 unspecified atom stereocenters. The van der Waals surface area contributed by atoms with E-state index in [1.54, 1.807) is 0 Å². The Morgan fingerprint density at radius 3 is 2.11 bits per heavy atom. The molecule has 0 spiro atoms. The summed E-state index contributed by atoms with van der Waals surface area (Å²) in [4.78, 5) is 23.5. The van der Waals surface area contributed by atoms with Gasteiger partial charge in [-0.1, -0.05) is 34.6 Å². The highest BCUT2D eigenvalue weighted by molar-refractivity contribution is 5.87. The van der Waals surface area contributed by atoms with Crippen molar-refractivity contribution in [3.63, 3.8) is 0 Å². The third-order valence-electron chi connectivity index (χ3n) is 2.72. The number of amides is 1. The molecule has 106 valence electrons. The molecule has 0 aliphatic rings. The van der Waals surface area contributed by atoms with E-state index in [0.29, 0.717) is 6.42 Å². The molecule has 0 aromatic carbocycles. The van der Waals surface area contributed by atoms with Gasteiger partial charge < -0.3 is 15.8 Å². The second kappa shape index (κ2) is 6.73. The van der Waals surface area contributed by atoms with Crippen LogP contribution in [-0.4, -0.2) is 31.1 Å². The van der Waals surface area contributed by atoms with E-state index in [2.05, 4.69) is 10.1 Å². The minimum Gasteiger partial charge on any atom is -0.467 e. The predicted octanol–water partition coefficient (Wildman–Crippen LogP) is 1.06. The Hall–Kier alpha value is -1.10. The first-order valence-corrected chi connectivity index (χ1v) is 6.23. The first kappa shape index (κ1) is 16.9. The number of ether oxygens (including phenoxy) is 1. The highest BCUT2D eigenvalue weighted by Gasteiger charge is 2.31. The van der Waals surface area contributed by atoms with Gasteiger partial charge in [0.15, 0.2) is 0 Å². The van der Waals surface area contributed by atoms with Gasteiger partial charge in [-0.05, 0) is 17.8 Å². The van der Waals surface area contributed by atoms with Crippen molar-refractivity contribution in [1.82, 2.24) is 5.32 Å². The van der Waals surface area contributed by atoms with Crippen LogP contribution in [0.25, 0.3) is 0 Å². The van der Waals surface area contributed by atoms with E-state index in [1.165, 1.54) is 7.11 Å². The van der Waals surface area contributed by atoms with Crippen molar-refractivity contribution in [1.29, 1.82) is 0 Å². The van der Waals surface area contributed by atoms with Crippen molar-refractivity contribution in [3.8, 4) is 0 Å². The van der Waals surface area contributed by atoms with Crippen LogP contribution >= 0.6 is 0 Å². The van der Waals surface area contributed by atoms with Crippen LogP contribution < -0.4 is 11.1 Å². The first-order chi connectivity index (χ1) is 8.09. The summed E-state index contributed by atoms with van der Waals surface area (Å²) in [5.74, 6) is -0.475. The van der Waals surface area contributed by atoms with Crippen molar-refractivity contribution in [3.05, 3.63) is 0 Å². The van der Waals surface area contributed by atoms with E-state index in [4.69, 9.17) is 5.73 Å². The van der Waals surface area contributed by atoms with Crippen LogP contribution in [0.15, 0.2) is 0 Å². The quantitative estimate of drug-likeness (QED) is 0.723. The maximum atomic E-state index is 12.0. The largest absolute Gasteiger partial charge is 0.467 e. The molecule has 0 rings (SSSR count). The highest BCUT2D eigenvalue weighted by Crippen LogP contribution is 2.17. The standard InChI is InChI=1S/C13H26N2O3/c1-8(2)7-9(12(17)18-6)15-11(16)10(14)13(3,4)5/h8-10H,7,14H2,1-6H3,(H,15,16)/t9-,10-/m0/s1. The molecule has 0 saturated carbocycles. The minimum atomic E-state index is -0.656. The van der Waals surface area contributed by atoms with Gasteiger partial charge in [-0.2, -0.15) is 0 Å². The minimum absolute atomic E-state index is 0.278. The van der Waals surface area contributed by atoms with Crippen LogP contribution in [-0.2, 0) is 14.3 Å². The summed E-state index contributed by atoms with van der Waals surface area (Å²) < 4.78 is 4.69. The van der Waals surface area contributed by atoms with Crippen LogP contribution in [0, 0.1) is 11.3 Å². The first-order valence-electron chi connectivity index (χ1n) is 6.23. The highest BCUT2D eigenvalue weighted by atomic mass is 16.5. The van der Waals surface area contributed by atoms with E-state index < -0.39 is 18.1 Å². The molecule has 0 aliphatic heterocycles. The number of methoxy groups -OCH3 is 1. The van der Waals surface area contributed by atoms with Gasteiger partial charge in [0.2, 0.25) is 5.91 Å². The average Bonchev–Trinajstić information content (AvgIpc) is 2.23. The fraction of sp³-hybridized carbons (Fsp3) is 0.846. The van der Waals surface area contributed by atoms with Crippen molar-refractivity contribution in [2.45, 2.75) is 53.1 Å². The van der Waals surface area contributed by atoms with Crippen molar-refractivity contribution >= 4 is 11.9 Å². The summed E-state index contributed by atoms with van der Waals surface area (Å²) >= 11 is 0. The van der Waals surface area contributed by atoms with Crippen LogP contribution in [0.4, 0.5) is 0 Å². The molecule has 0 bridgehead atoms. The van der Waals surface area contributed by atoms with Gasteiger partial charge in [0.1, 0.15) is 6.04 Å². The molecule has 0 heterocycles. The number of hydrogen-bond donors (Lipinski definition) is 2. The summed E-state index contributed by atoms with van der Waals surface area (Å²) in [6.45, 7) is 9.60. The Balaban J connectivity index is 4.68. The molecule has 2 atom stereocenters. The second-order valence-electron chi connectivity index (χ2n) is 6.06. The van der Waals surface area contributed by atoms with E-state index >= 15 is 0 Å². The molecule has 0 radical (unpaired) electrons. The Bertz CT molecular complexity index is 295. The predicted molar refractivity (Wildman–Crippen MR) is 70.8 cm³/mol. The van der Waals surface area contributed by atoms with E-state index in [0.717, 1.165) is 0 Å². The Morgan fingerprint density at radius 2 is 1.78 bits per heavy atom. The zero-order valence-corrected chi connectivity index (χ0v) is 12.2. The third-order valence-corrected chi connectivity index (χ3v) is 2.72. The Kier molecular flexibility index (Phi) is 6.32. The lowest BCUT2D eigenvalue weighted by atomic mass is 9.86. The lowest BCUT2D eigenvalue weighted by Crippen LogP contribution is -2.53. The average molecular weight is 258 g/mol. The number of nitrogens with two attached hydrogens (primary N) is 1.